The number of ether oxygens (including phenoxy) is 1. The molecule has 1 aromatic carbocycles. The van der Waals surface area contributed by atoms with E-state index in [0.717, 1.165) is 11.1 Å². The Labute approximate surface area is 124 Å². The summed E-state index contributed by atoms with van der Waals surface area (Å²) in [6, 6.07) is 5.04. The number of likely N-dealkylation sites (tertiary alicyclic amines) is 1. The SMILES string of the molecule is Cc1cccc(C)c1OCC(=O)N1CCC(C)C1C(=O)O. The van der Waals surface area contributed by atoms with Crippen LogP contribution in [0.3, 0.4) is 0 Å². The maximum absolute atomic E-state index is 12.2. The number of rotatable bonds is 4. The lowest BCUT2D eigenvalue weighted by atomic mass is 10.0. The first-order valence-electron chi connectivity index (χ1n) is 7.13. The molecule has 2 unspecified atom stereocenters. The number of para-hydroxylation sites is 1. The summed E-state index contributed by atoms with van der Waals surface area (Å²) >= 11 is 0. The molecule has 0 aliphatic carbocycles. The van der Waals surface area contributed by atoms with Gasteiger partial charge in [-0.05, 0) is 37.3 Å². The van der Waals surface area contributed by atoms with E-state index in [1.807, 2.05) is 39.0 Å². The monoisotopic (exact) mass is 291 g/mol. The van der Waals surface area contributed by atoms with Gasteiger partial charge in [0, 0.05) is 6.54 Å². The summed E-state index contributed by atoms with van der Waals surface area (Å²) in [5.41, 5.74) is 1.93. The van der Waals surface area contributed by atoms with Gasteiger partial charge in [0.25, 0.3) is 5.91 Å². The first-order valence-corrected chi connectivity index (χ1v) is 7.13. The molecule has 114 valence electrons. The molecule has 1 aromatic rings. The van der Waals surface area contributed by atoms with Crippen molar-refractivity contribution in [3.63, 3.8) is 0 Å². The molecule has 1 aliphatic rings. The zero-order chi connectivity index (χ0) is 15.6. The number of carbonyl (C=O) groups is 2. The van der Waals surface area contributed by atoms with Gasteiger partial charge in [-0.1, -0.05) is 25.1 Å². The molecular formula is C16H21NO4. The predicted molar refractivity (Wildman–Crippen MR) is 78.3 cm³/mol. The number of carboxylic acid groups (broad SMARTS) is 1. The van der Waals surface area contributed by atoms with Gasteiger partial charge in [-0.15, -0.1) is 0 Å². The van der Waals surface area contributed by atoms with Crippen LogP contribution in [0, 0.1) is 19.8 Å². The number of aliphatic carboxylic acids is 1. The van der Waals surface area contributed by atoms with Crippen LogP contribution in [0.25, 0.3) is 0 Å². The van der Waals surface area contributed by atoms with Gasteiger partial charge in [0.15, 0.2) is 6.61 Å². The Hall–Kier alpha value is -2.04. The fraction of sp³-hybridized carbons (Fsp3) is 0.500. The highest BCUT2D eigenvalue weighted by Gasteiger charge is 2.39. The lowest BCUT2D eigenvalue weighted by molar-refractivity contribution is -0.150. The largest absolute Gasteiger partial charge is 0.483 e. The average molecular weight is 291 g/mol. The van der Waals surface area contributed by atoms with Crippen LogP contribution in [-0.4, -0.2) is 41.1 Å². The second-order valence-electron chi connectivity index (χ2n) is 5.65. The summed E-state index contributed by atoms with van der Waals surface area (Å²) in [7, 11) is 0. The Balaban J connectivity index is 2.04. The number of hydrogen-bond acceptors (Lipinski definition) is 3. The normalized spacial score (nSPS) is 21.4. The third kappa shape index (κ3) is 3.17. The number of hydrogen-bond donors (Lipinski definition) is 1. The van der Waals surface area contributed by atoms with E-state index in [1.54, 1.807) is 0 Å². The smallest absolute Gasteiger partial charge is 0.326 e. The van der Waals surface area contributed by atoms with Gasteiger partial charge in [0.05, 0.1) is 0 Å². The number of carbonyl (C=O) groups excluding carboxylic acids is 1. The van der Waals surface area contributed by atoms with Crippen molar-refractivity contribution < 1.29 is 19.4 Å². The van der Waals surface area contributed by atoms with E-state index in [1.165, 1.54) is 4.90 Å². The molecule has 0 radical (unpaired) electrons. The molecule has 1 fully saturated rings. The van der Waals surface area contributed by atoms with Crippen molar-refractivity contribution >= 4 is 11.9 Å². The molecule has 1 heterocycles. The zero-order valence-electron chi connectivity index (χ0n) is 12.6. The van der Waals surface area contributed by atoms with E-state index in [9.17, 15) is 14.7 Å². The van der Waals surface area contributed by atoms with Crippen molar-refractivity contribution in [3.05, 3.63) is 29.3 Å². The van der Waals surface area contributed by atoms with Crippen molar-refractivity contribution in [2.45, 2.75) is 33.2 Å². The third-order valence-corrected chi connectivity index (χ3v) is 4.02. The lowest BCUT2D eigenvalue weighted by Gasteiger charge is -2.23. The van der Waals surface area contributed by atoms with Crippen molar-refractivity contribution in [2.75, 3.05) is 13.2 Å². The maximum atomic E-state index is 12.2. The second-order valence-corrected chi connectivity index (χ2v) is 5.65. The molecular weight excluding hydrogens is 270 g/mol. The predicted octanol–water partition coefficient (Wildman–Crippen LogP) is 2.00. The van der Waals surface area contributed by atoms with E-state index >= 15 is 0 Å². The molecule has 0 bridgehead atoms. The van der Waals surface area contributed by atoms with Crippen LogP contribution in [0.2, 0.25) is 0 Å². The zero-order valence-corrected chi connectivity index (χ0v) is 12.6. The highest BCUT2D eigenvalue weighted by Crippen LogP contribution is 2.25. The van der Waals surface area contributed by atoms with Crippen LogP contribution in [-0.2, 0) is 9.59 Å². The van der Waals surface area contributed by atoms with Crippen LogP contribution in [0.4, 0.5) is 0 Å². The van der Waals surface area contributed by atoms with Gasteiger partial charge in [-0.2, -0.15) is 0 Å². The van der Waals surface area contributed by atoms with Gasteiger partial charge in [0.2, 0.25) is 0 Å². The van der Waals surface area contributed by atoms with E-state index < -0.39 is 12.0 Å². The summed E-state index contributed by atoms with van der Waals surface area (Å²) in [6.45, 7) is 6.06. The van der Waals surface area contributed by atoms with E-state index in [0.29, 0.717) is 18.7 Å². The van der Waals surface area contributed by atoms with Crippen LogP contribution < -0.4 is 4.74 Å². The molecule has 5 heteroatoms. The van der Waals surface area contributed by atoms with Gasteiger partial charge in [-0.3, -0.25) is 4.79 Å². The van der Waals surface area contributed by atoms with E-state index in [2.05, 4.69) is 0 Å². The summed E-state index contributed by atoms with van der Waals surface area (Å²) in [5.74, 6) is -0.536. The summed E-state index contributed by atoms with van der Waals surface area (Å²) in [4.78, 5) is 24.9. The minimum Gasteiger partial charge on any atom is -0.483 e. The standard InChI is InChI=1S/C16H21NO4/c1-10-7-8-17(14(10)16(19)20)13(18)9-21-15-11(2)5-4-6-12(15)3/h4-6,10,14H,7-9H2,1-3H3,(H,19,20). The van der Waals surface area contributed by atoms with Crippen LogP contribution >= 0.6 is 0 Å². The maximum Gasteiger partial charge on any atom is 0.326 e. The Morgan fingerprint density at radius 3 is 2.52 bits per heavy atom. The first kappa shape index (κ1) is 15.4. The Kier molecular flexibility index (Phi) is 4.50. The van der Waals surface area contributed by atoms with Gasteiger partial charge in [0.1, 0.15) is 11.8 Å². The van der Waals surface area contributed by atoms with Gasteiger partial charge in [-0.25, -0.2) is 4.79 Å². The molecule has 1 N–H and O–H groups in total. The fourth-order valence-corrected chi connectivity index (χ4v) is 2.85. The molecule has 5 nitrogen and oxygen atoms in total. The number of amides is 1. The van der Waals surface area contributed by atoms with Crippen molar-refractivity contribution in [1.82, 2.24) is 4.90 Å². The summed E-state index contributed by atoms with van der Waals surface area (Å²) < 4.78 is 5.62. The molecule has 2 atom stereocenters. The molecule has 21 heavy (non-hydrogen) atoms. The quantitative estimate of drug-likeness (QED) is 0.921. The molecule has 1 aliphatic heterocycles. The number of carboxylic acids is 1. The Morgan fingerprint density at radius 1 is 1.33 bits per heavy atom. The lowest BCUT2D eigenvalue weighted by Crippen LogP contribution is -2.44. The molecule has 0 saturated carbocycles. The molecule has 1 amide bonds. The van der Waals surface area contributed by atoms with Crippen molar-refractivity contribution in [1.29, 1.82) is 0 Å². The fourth-order valence-electron chi connectivity index (χ4n) is 2.85. The Bertz CT molecular complexity index is 535. The minimum atomic E-state index is -0.944. The minimum absolute atomic E-state index is 0.0216. The first-order chi connectivity index (χ1) is 9.91. The topological polar surface area (TPSA) is 66.8 Å². The highest BCUT2D eigenvalue weighted by atomic mass is 16.5. The van der Waals surface area contributed by atoms with Crippen molar-refractivity contribution in [2.24, 2.45) is 5.92 Å². The Morgan fingerprint density at radius 2 is 1.95 bits per heavy atom. The summed E-state index contributed by atoms with van der Waals surface area (Å²) in [5, 5.41) is 9.24. The van der Waals surface area contributed by atoms with Crippen LogP contribution in [0.15, 0.2) is 18.2 Å². The van der Waals surface area contributed by atoms with E-state index in [-0.39, 0.29) is 18.4 Å². The third-order valence-electron chi connectivity index (χ3n) is 4.02. The molecule has 0 aromatic heterocycles. The second kappa shape index (κ2) is 6.16. The van der Waals surface area contributed by atoms with E-state index in [4.69, 9.17) is 4.74 Å². The average Bonchev–Trinajstić information content (AvgIpc) is 2.80. The number of aryl methyl sites for hydroxylation is 2. The summed E-state index contributed by atoms with van der Waals surface area (Å²) in [6.07, 6.45) is 0.714. The van der Waals surface area contributed by atoms with Crippen molar-refractivity contribution in [3.8, 4) is 5.75 Å². The molecule has 2 rings (SSSR count). The van der Waals surface area contributed by atoms with Gasteiger partial charge >= 0.3 is 5.97 Å². The van der Waals surface area contributed by atoms with Gasteiger partial charge < -0.3 is 14.7 Å². The highest BCUT2D eigenvalue weighted by molar-refractivity contribution is 5.85. The van der Waals surface area contributed by atoms with Crippen LogP contribution in [0.1, 0.15) is 24.5 Å². The number of benzene rings is 1. The van der Waals surface area contributed by atoms with Crippen LogP contribution in [0.5, 0.6) is 5.75 Å². The molecule has 0 spiro atoms. The molecule has 1 saturated heterocycles. The number of nitrogens with zero attached hydrogens (tertiary/aromatic N) is 1.